The molecule has 11 heteroatoms. The molecule has 1 amide bonds. The standard InChI is InChI=1S/C18H27N5O5S/c1-13-16(12-27-3)17(20-28-13)18(24)22-7-5-15(11-22)23(29(4,25)26)10-9-21-8-6-19-14(21)2/h6,8,15H,5,7,9-12H2,1-4H3. The van der Waals surface area contributed by atoms with E-state index in [1.807, 2.05) is 17.7 Å². The number of rotatable bonds is 8. The third kappa shape index (κ3) is 4.68. The van der Waals surface area contributed by atoms with Crippen LogP contribution >= 0.6 is 0 Å². The van der Waals surface area contributed by atoms with Crippen LogP contribution in [0.25, 0.3) is 0 Å². The molecule has 0 N–H and O–H groups in total. The average Bonchev–Trinajstić information content (AvgIpc) is 3.36. The summed E-state index contributed by atoms with van der Waals surface area (Å²) in [5.74, 6) is 1.10. The van der Waals surface area contributed by atoms with Gasteiger partial charge in [0.25, 0.3) is 5.91 Å². The second kappa shape index (κ2) is 8.64. The number of hydrogen-bond acceptors (Lipinski definition) is 7. The average molecular weight is 426 g/mol. The third-order valence-electron chi connectivity index (χ3n) is 5.24. The van der Waals surface area contributed by atoms with Crippen molar-refractivity contribution in [3.8, 4) is 0 Å². The maximum absolute atomic E-state index is 12.9. The quantitative estimate of drug-likeness (QED) is 0.615. The Morgan fingerprint density at radius 1 is 1.41 bits per heavy atom. The van der Waals surface area contributed by atoms with Crippen molar-refractivity contribution in [1.29, 1.82) is 0 Å². The van der Waals surface area contributed by atoms with E-state index in [0.29, 0.717) is 43.9 Å². The van der Waals surface area contributed by atoms with Crippen LogP contribution in [0.15, 0.2) is 16.9 Å². The van der Waals surface area contributed by atoms with Gasteiger partial charge in [0.15, 0.2) is 5.69 Å². The van der Waals surface area contributed by atoms with E-state index in [4.69, 9.17) is 9.26 Å². The topological polar surface area (TPSA) is 111 Å². The fourth-order valence-electron chi connectivity index (χ4n) is 3.65. The van der Waals surface area contributed by atoms with E-state index in [9.17, 15) is 13.2 Å². The normalized spacial score (nSPS) is 17.4. The maximum atomic E-state index is 12.9. The second-order valence-corrected chi connectivity index (χ2v) is 9.17. The fourth-order valence-corrected chi connectivity index (χ4v) is 4.78. The van der Waals surface area contributed by atoms with Gasteiger partial charge < -0.3 is 18.7 Å². The molecule has 0 aromatic carbocycles. The van der Waals surface area contributed by atoms with Gasteiger partial charge in [0.05, 0.1) is 18.4 Å². The van der Waals surface area contributed by atoms with E-state index >= 15 is 0 Å². The van der Waals surface area contributed by atoms with Gasteiger partial charge in [0, 0.05) is 51.7 Å². The SMILES string of the molecule is COCc1c(C(=O)N2CCC(N(CCn3ccnc3C)S(C)(=O)=O)C2)noc1C. The number of amides is 1. The van der Waals surface area contributed by atoms with Gasteiger partial charge in [-0.1, -0.05) is 5.16 Å². The maximum Gasteiger partial charge on any atom is 0.276 e. The lowest BCUT2D eigenvalue weighted by molar-refractivity contribution is 0.0770. The van der Waals surface area contributed by atoms with Crippen LogP contribution in [0.5, 0.6) is 0 Å². The first-order chi connectivity index (χ1) is 13.7. The highest BCUT2D eigenvalue weighted by Crippen LogP contribution is 2.23. The summed E-state index contributed by atoms with van der Waals surface area (Å²) in [7, 11) is -1.89. The molecule has 2 aromatic heterocycles. The molecule has 1 unspecified atom stereocenters. The highest BCUT2D eigenvalue weighted by molar-refractivity contribution is 7.88. The summed E-state index contributed by atoms with van der Waals surface area (Å²) in [6.07, 6.45) is 5.28. The minimum Gasteiger partial charge on any atom is -0.380 e. The van der Waals surface area contributed by atoms with Crippen molar-refractivity contribution in [3.63, 3.8) is 0 Å². The molecule has 0 saturated carbocycles. The summed E-state index contributed by atoms with van der Waals surface area (Å²) in [6.45, 7) is 5.43. The molecule has 29 heavy (non-hydrogen) atoms. The first-order valence-electron chi connectivity index (χ1n) is 9.40. The lowest BCUT2D eigenvalue weighted by Gasteiger charge is -2.27. The van der Waals surface area contributed by atoms with Crippen molar-refractivity contribution in [1.82, 2.24) is 23.9 Å². The van der Waals surface area contributed by atoms with E-state index < -0.39 is 10.0 Å². The summed E-state index contributed by atoms with van der Waals surface area (Å²) >= 11 is 0. The number of sulfonamides is 1. The highest BCUT2D eigenvalue weighted by atomic mass is 32.2. The van der Waals surface area contributed by atoms with Gasteiger partial charge in [0.2, 0.25) is 10.0 Å². The van der Waals surface area contributed by atoms with Crippen LogP contribution in [0.3, 0.4) is 0 Å². The molecule has 1 aliphatic rings. The minimum absolute atomic E-state index is 0.227. The molecule has 1 aliphatic heterocycles. The number of aromatic nitrogens is 3. The Labute approximate surface area is 170 Å². The summed E-state index contributed by atoms with van der Waals surface area (Å²) in [5, 5.41) is 3.89. The molecule has 3 rings (SSSR count). The predicted octanol–water partition coefficient (Wildman–Crippen LogP) is 0.811. The number of aryl methyl sites for hydroxylation is 2. The Balaban J connectivity index is 1.71. The molecule has 160 valence electrons. The van der Waals surface area contributed by atoms with Crippen LogP contribution in [0.1, 0.15) is 34.1 Å². The van der Waals surface area contributed by atoms with Crippen LogP contribution < -0.4 is 0 Å². The first-order valence-corrected chi connectivity index (χ1v) is 11.2. The Morgan fingerprint density at radius 2 is 2.17 bits per heavy atom. The molecular formula is C18H27N5O5S. The van der Waals surface area contributed by atoms with Gasteiger partial charge in [-0.3, -0.25) is 4.79 Å². The Kier molecular flexibility index (Phi) is 6.39. The van der Waals surface area contributed by atoms with Crippen molar-refractivity contribution in [2.45, 2.75) is 39.5 Å². The van der Waals surface area contributed by atoms with E-state index in [0.717, 1.165) is 5.82 Å². The number of likely N-dealkylation sites (tertiary alicyclic amines) is 1. The molecule has 10 nitrogen and oxygen atoms in total. The summed E-state index contributed by atoms with van der Waals surface area (Å²) < 4.78 is 38.5. The van der Waals surface area contributed by atoms with Gasteiger partial charge >= 0.3 is 0 Å². The van der Waals surface area contributed by atoms with Crippen LogP contribution in [-0.2, 0) is 27.9 Å². The second-order valence-electron chi connectivity index (χ2n) is 7.23. The lowest BCUT2D eigenvalue weighted by atomic mass is 10.2. The van der Waals surface area contributed by atoms with Crippen LogP contribution in [0.4, 0.5) is 0 Å². The van der Waals surface area contributed by atoms with Crippen molar-refractivity contribution in [2.24, 2.45) is 0 Å². The van der Waals surface area contributed by atoms with Crippen LogP contribution in [0.2, 0.25) is 0 Å². The molecule has 1 fully saturated rings. The lowest BCUT2D eigenvalue weighted by Crippen LogP contribution is -2.43. The van der Waals surface area contributed by atoms with E-state index in [2.05, 4.69) is 10.1 Å². The third-order valence-corrected chi connectivity index (χ3v) is 6.58. The molecule has 0 spiro atoms. The smallest absolute Gasteiger partial charge is 0.276 e. The summed E-state index contributed by atoms with van der Waals surface area (Å²) in [5.41, 5.74) is 0.849. The number of carbonyl (C=O) groups is 1. The Bertz CT molecular complexity index is 967. The molecule has 1 atom stereocenters. The molecule has 0 bridgehead atoms. The van der Waals surface area contributed by atoms with Gasteiger partial charge in [0.1, 0.15) is 11.6 Å². The van der Waals surface area contributed by atoms with Crippen LogP contribution in [-0.4, -0.2) is 77.3 Å². The molecule has 2 aromatic rings. The fraction of sp³-hybridized carbons (Fsp3) is 0.611. The van der Waals surface area contributed by atoms with Gasteiger partial charge in [-0.25, -0.2) is 13.4 Å². The molecular weight excluding hydrogens is 398 g/mol. The number of imidazole rings is 1. The zero-order valence-electron chi connectivity index (χ0n) is 17.2. The van der Waals surface area contributed by atoms with Crippen molar-refractivity contribution < 1.29 is 22.5 Å². The monoisotopic (exact) mass is 425 g/mol. The van der Waals surface area contributed by atoms with E-state index in [-0.39, 0.29) is 24.2 Å². The molecule has 1 saturated heterocycles. The zero-order valence-corrected chi connectivity index (χ0v) is 18.0. The number of ether oxygens (including phenoxy) is 1. The summed E-state index contributed by atoms with van der Waals surface area (Å²) in [4.78, 5) is 18.7. The first kappa shape index (κ1) is 21.5. The van der Waals surface area contributed by atoms with Crippen molar-refractivity contribution >= 4 is 15.9 Å². The van der Waals surface area contributed by atoms with E-state index in [1.54, 1.807) is 25.1 Å². The Morgan fingerprint density at radius 3 is 2.79 bits per heavy atom. The number of hydrogen-bond donors (Lipinski definition) is 0. The van der Waals surface area contributed by atoms with Gasteiger partial charge in [-0.15, -0.1) is 0 Å². The number of carbonyl (C=O) groups excluding carboxylic acids is 1. The predicted molar refractivity (Wildman–Crippen MR) is 105 cm³/mol. The zero-order chi connectivity index (χ0) is 21.2. The van der Waals surface area contributed by atoms with Gasteiger partial charge in [-0.05, 0) is 20.3 Å². The minimum atomic E-state index is -3.43. The molecule has 0 aliphatic carbocycles. The van der Waals surface area contributed by atoms with Crippen LogP contribution in [0, 0.1) is 13.8 Å². The Hall–Kier alpha value is -2.24. The number of nitrogens with zero attached hydrogens (tertiary/aromatic N) is 5. The van der Waals surface area contributed by atoms with Crippen molar-refractivity contribution in [2.75, 3.05) is 33.0 Å². The number of methoxy groups -OCH3 is 1. The summed E-state index contributed by atoms with van der Waals surface area (Å²) in [6, 6.07) is -0.281. The molecule has 0 radical (unpaired) electrons. The van der Waals surface area contributed by atoms with Crippen molar-refractivity contribution in [3.05, 3.63) is 35.2 Å². The van der Waals surface area contributed by atoms with E-state index in [1.165, 1.54) is 10.6 Å². The largest absolute Gasteiger partial charge is 0.380 e. The molecule has 3 heterocycles. The van der Waals surface area contributed by atoms with Gasteiger partial charge in [-0.2, -0.15) is 4.31 Å². The highest BCUT2D eigenvalue weighted by Gasteiger charge is 2.36.